The average Bonchev–Trinajstić information content (AvgIpc) is 2.88. The molecule has 0 saturated carbocycles. The highest BCUT2D eigenvalue weighted by atomic mass is 16.5. The Morgan fingerprint density at radius 3 is 2.94 bits per heavy atom. The molecule has 1 fully saturated rings. The van der Waals surface area contributed by atoms with Crippen molar-refractivity contribution >= 4 is 5.97 Å². The van der Waals surface area contributed by atoms with Crippen LogP contribution in [0.3, 0.4) is 0 Å². The minimum atomic E-state index is -0.306. The maximum Gasteiger partial charge on any atom is 0.338 e. The molecular formula is C14H19NO3. The van der Waals surface area contributed by atoms with Gasteiger partial charge in [-0.1, -0.05) is 0 Å². The predicted molar refractivity (Wildman–Crippen MR) is 69.0 cm³/mol. The summed E-state index contributed by atoms with van der Waals surface area (Å²) in [5, 5.41) is 3.31. The normalized spacial score (nSPS) is 18.7. The van der Waals surface area contributed by atoms with E-state index in [4.69, 9.17) is 9.47 Å². The van der Waals surface area contributed by atoms with Crippen molar-refractivity contribution in [3.63, 3.8) is 0 Å². The number of carbonyl (C=O) groups excluding carboxylic acids is 1. The van der Waals surface area contributed by atoms with Crippen molar-refractivity contribution in [2.24, 2.45) is 5.92 Å². The molecule has 1 aliphatic heterocycles. The molecule has 0 radical (unpaired) electrons. The molecule has 4 nitrogen and oxygen atoms in total. The molecule has 0 amide bonds. The second-order valence-corrected chi connectivity index (χ2v) is 4.64. The molecule has 1 atom stereocenters. The van der Waals surface area contributed by atoms with Crippen LogP contribution in [0.25, 0.3) is 0 Å². The predicted octanol–water partition coefficient (Wildman–Crippen LogP) is 1.77. The van der Waals surface area contributed by atoms with Crippen molar-refractivity contribution in [2.75, 3.05) is 26.8 Å². The number of carbonyl (C=O) groups is 1. The zero-order valence-corrected chi connectivity index (χ0v) is 10.9. The van der Waals surface area contributed by atoms with Gasteiger partial charge in [-0.15, -0.1) is 0 Å². The number of ether oxygens (including phenoxy) is 2. The molecule has 1 heterocycles. The Labute approximate surface area is 107 Å². The van der Waals surface area contributed by atoms with E-state index in [1.54, 1.807) is 6.07 Å². The van der Waals surface area contributed by atoms with E-state index in [1.807, 2.05) is 19.1 Å². The van der Waals surface area contributed by atoms with Crippen LogP contribution in [-0.2, 0) is 4.74 Å². The van der Waals surface area contributed by atoms with Crippen LogP contribution in [0.15, 0.2) is 18.2 Å². The number of rotatable bonds is 4. The fourth-order valence-electron chi connectivity index (χ4n) is 2.14. The molecule has 2 rings (SSSR count). The first-order valence-corrected chi connectivity index (χ1v) is 6.23. The maximum absolute atomic E-state index is 11.4. The summed E-state index contributed by atoms with van der Waals surface area (Å²) in [7, 11) is 1.39. The summed E-state index contributed by atoms with van der Waals surface area (Å²) in [6.07, 6.45) is 1.17. The summed E-state index contributed by atoms with van der Waals surface area (Å²) in [4.78, 5) is 11.4. The molecule has 1 aromatic carbocycles. The minimum absolute atomic E-state index is 0.306. The van der Waals surface area contributed by atoms with Crippen LogP contribution in [0.1, 0.15) is 22.3 Å². The molecule has 1 unspecified atom stereocenters. The summed E-state index contributed by atoms with van der Waals surface area (Å²) >= 11 is 0. The van der Waals surface area contributed by atoms with Gasteiger partial charge in [0.15, 0.2) is 0 Å². The molecule has 98 valence electrons. The number of hydrogen-bond donors (Lipinski definition) is 1. The molecule has 0 aromatic heterocycles. The van der Waals surface area contributed by atoms with Crippen molar-refractivity contribution in [2.45, 2.75) is 13.3 Å². The summed E-state index contributed by atoms with van der Waals surface area (Å²) in [5.41, 5.74) is 1.47. The molecule has 18 heavy (non-hydrogen) atoms. The van der Waals surface area contributed by atoms with Crippen molar-refractivity contribution in [3.05, 3.63) is 29.3 Å². The lowest BCUT2D eigenvalue weighted by atomic mass is 10.1. The maximum atomic E-state index is 11.4. The molecule has 0 bridgehead atoms. The van der Waals surface area contributed by atoms with Gasteiger partial charge in [-0.2, -0.15) is 0 Å². The topological polar surface area (TPSA) is 47.6 Å². The summed E-state index contributed by atoms with van der Waals surface area (Å²) in [6.45, 7) is 4.72. The Hall–Kier alpha value is -1.55. The molecule has 1 aliphatic rings. The van der Waals surface area contributed by atoms with Crippen molar-refractivity contribution in [3.8, 4) is 5.75 Å². The van der Waals surface area contributed by atoms with E-state index in [0.29, 0.717) is 11.5 Å². The number of nitrogens with one attached hydrogen (secondary N) is 1. The van der Waals surface area contributed by atoms with Gasteiger partial charge in [0, 0.05) is 12.5 Å². The summed E-state index contributed by atoms with van der Waals surface area (Å²) < 4.78 is 10.5. The van der Waals surface area contributed by atoms with Crippen LogP contribution in [0, 0.1) is 12.8 Å². The largest absolute Gasteiger partial charge is 0.493 e. The van der Waals surface area contributed by atoms with E-state index < -0.39 is 0 Å². The molecule has 1 aromatic rings. The quantitative estimate of drug-likeness (QED) is 0.826. The second-order valence-electron chi connectivity index (χ2n) is 4.64. The van der Waals surface area contributed by atoms with Crippen molar-refractivity contribution in [1.29, 1.82) is 0 Å². The Morgan fingerprint density at radius 1 is 1.50 bits per heavy atom. The number of aryl methyl sites for hydroxylation is 1. The standard InChI is InChI=1S/C14H19NO3/c1-10-7-12(3-4-13(10)14(16)17-2)18-9-11-5-6-15-8-11/h3-4,7,11,15H,5-6,8-9H2,1-2H3. The highest BCUT2D eigenvalue weighted by Gasteiger charge is 2.15. The molecular weight excluding hydrogens is 230 g/mol. The van der Waals surface area contributed by atoms with E-state index >= 15 is 0 Å². The average molecular weight is 249 g/mol. The van der Waals surface area contributed by atoms with Gasteiger partial charge in [-0.25, -0.2) is 4.79 Å². The molecule has 4 heteroatoms. The highest BCUT2D eigenvalue weighted by Crippen LogP contribution is 2.19. The van der Waals surface area contributed by atoms with Crippen molar-refractivity contribution in [1.82, 2.24) is 5.32 Å². The third-order valence-corrected chi connectivity index (χ3v) is 3.25. The zero-order valence-electron chi connectivity index (χ0n) is 10.9. The third-order valence-electron chi connectivity index (χ3n) is 3.25. The monoisotopic (exact) mass is 249 g/mol. The van der Waals surface area contributed by atoms with Crippen molar-refractivity contribution < 1.29 is 14.3 Å². The fourth-order valence-corrected chi connectivity index (χ4v) is 2.14. The number of methoxy groups -OCH3 is 1. The Balaban J connectivity index is 1.97. The van der Waals surface area contributed by atoms with Gasteiger partial charge in [0.25, 0.3) is 0 Å². The molecule has 0 aliphatic carbocycles. The first-order valence-electron chi connectivity index (χ1n) is 6.23. The molecule has 1 N–H and O–H groups in total. The van der Waals surface area contributed by atoms with Crippen LogP contribution in [-0.4, -0.2) is 32.8 Å². The van der Waals surface area contributed by atoms with E-state index in [0.717, 1.165) is 31.0 Å². The summed E-state index contributed by atoms with van der Waals surface area (Å²) in [5.74, 6) is 1.09. The second kappa shape index (κ2) is 5.87. The van der Waals surface area contributed by atoms with Gasteiger partial charge in [-0.05, 0) is 43.7 Å². The van der Waals surface area contributed by atoms with Gasteiger partial charge in [-0.3, -0.25) is 0 Å². The number of esters is 1. The zero-order chi connectivity index (χ0) is 13.0. The van der Waals surface area contributed by atoms with E-state index in [9.17, 15) is 4.79 Å². The molecule has 0 spiro atoms. The third kappa shape index (κ3) is 3.01. The summed E-state index contributed by atoms with van der Waals surface area (Å²) in [6, 6.07) is 5.46. The lowest BCUT2D eigenvalue weighted by molar-refractivity contribution is 0.0600. The lowest BCUT2D eigenvalue weighted by Crippen LogP contribution is -2.15. The highest BCUT2D eigenvalue weighted by molar-refractivity contribution is 5.91. The Bertz CT molecular complexity index is 425. The van der Waals surface area contributed by atoms with Crippen LogP contribution in [0.4, 0.5) is 0 Å². The van der Waals surface area contributed by atoms with E-state index in [-0.39, 0.29) is 5.97 Å². The Kier molecular flexibility index (Phi) is 4.20. The first-order chi connectivity index (χ1) is 8.70. The number of benzene rings is 1. The lowest BCUT2D eigenvalue weighted by Gasteiger charge is -2.12. The Morgan fingerprint density at radius 2 is 2.33 bits per heavy atom. The van der Waals surface area contributed by atoms with Crippen LogP contribution in [0.5, 0.6) is 5.75 Å². The smallest absolute Gasteiger partial charge is 0.338 e. The first kappa shape index (κ1) is 12.9. The minimum Gasteiger partial charge on any atom is -0.493 e. The SMILES string of the molecule is COC(=O)c1ccc(OCC2CCNC2)cc1C. The van der Waals surface area contributed by atoms with E-state index in [2.05, 4.69) is 5.32 Å². The fraction of sp³-hybridized carbons (Fsp3) is 0.500. The van der Waals surface area contributed by atoms with E-state index in [1.165, 1.54) is 13.5 Å². The van der Waals surface area contributed by atoms with Crippen LogP contribution in [0.2, 0.25) is 0 Å². The van der Waals surface area contributed by atoms with Crippen LogP contribution < -0.4 is 10.1 Å². The van der Waals surface area contributed by atoms with Crippen LogP contribution >= 0.6 is 0 Å². The van der Waals surface area contributed by atoms with Gasteiger partial charge in [0.2, 0.25) is 0 Å². The van der Waals surface area contributed by atoms with Gasteiger partial charge >= 0.3 is 5.97 Å². The molecule has 1 saturated heterocycles. The van der Waals surface area contributed by atoms with Gasteiger partial charge in [0.05, 0.1) is 19.3 Å². The number of hydrogen-bond acceptors (Lipinski definition) is 4. The van der Waals surface area contributed by atoms with Gasteiger partial charge < -0.3 is 14.8 Å². The van der Waals surface area contributed by atoms with Gasteiger partial charge in [0.1, 0.15) is 5.75 Å².